The maximum Gasteiger partial charge on any atom is 0.256 e. The topological polar surface area (TPSA) is 71.3 Å². The minimum absolute atomic E-state index is 0.111. The highest BCUT2D eigenvalue weighted by molar-refractivity contribution is 5.97. The molecular weight excluding hydrogens is 292 g/mol. The Morgan fingerprint density at radius 2 is 2.09 bits per heavy atom. The standard InChI is InChI=1S/C18H24N2O3/c1-3-11-23-18(9-5-4-6-10-18)17(21)20-15-7-8-16(22-2)14(12-15)13-19/h7-8,12H,3-6,9-11H2,1-2H3,(H,20,21). The molecule has 1 saturated carbocycles. The van der Waals surface area contributed by atoms with E-state index in [0.717, 1.165) is 38.5 Å². The van der Waals surface area contributed by atoms with Crippen molar-refractivity contribution in [3.8, 4) is 11.8 Å². The second-order valence-corrected chi connectivity index (χ2v) is 5.88. The third-order valence-electron chi connectivity index (χ3n) is 4.24. The van der Waals surface area contributed by atoms with Crippen LogP contribution in [0.5, 0.6) is 5.75 Å². The van der Waals surface area contributed by atoms with Crippen molar-refractivity contribution >= 4 is 11.6 Å². The molecule has 124 valence electrons. The molecule has 2 rings (SSSR count). The minimum atomic E-state index is -0.735. The molecule has 0 heterocycles. The van der Waals surface area contributed by atoms with Crippen LogP contribution in [0.1, 0.15) is 51.0 Å². The lowest BCUT2D eigenvalue weighted by Gasteiger charge is -2.35. The van der Waals surface area contributed by atoms with Gasteiger partial charge in [-0.15, -0.1) is 0 Å². The van der Waals surface area contributed by atoms with Gasteiger partial charge in [0, 0.05) is 12.3 Å². The van der Waals surface area contributed by atoms with E-state index in [1.807, 2.05) is 6.92 Å². The number of anilines is 1. The number of hydrogen-bond acceptors (Lipinski definition) is 4. The second kappa shape index (κ2) is 7.98. The molecule has 1 aromatic carbocycles. The molecule has 5 nitrogen and oxygen atoms in total. The normalized spacial score (nSPS) is 16.4. The zero-order chi connectivity index (χ0) is 16.7. The van der Waals surface area contributed by atoms with Crippen LogP contribution in [-0.4, -0.2) is 25.2 Å². The summed E-state index contributed by atoms with van der Waals surface area (Å²) >= 11 is 0. The maximum absolute atomic E-state index is 12.8. The summed E-state index contributed by atoms with van der Waals surface area (Å²) < 4.78 is 11.1. The van der Waals surface area contributed by atoms with Crippen LogP contribution in [-0.2, 0) is 9.53 Å². The lowest BCUT2D eigenvalue weighted by Crippen LogP contribution is -2.47. The fraction of sp³-hybridized carbons (Fsp3) is 0.556. The molecule has 1 aromatic rings. The highest BCUT2D eigenvalue weighted by Crippen LogP contribution is 2.33. The Labute approximate surface area is 137 Å². The number of rotatable bonds is 6. The number of benzene rings is 1. The van der Waals surface area contributed by atoms with Crippen molar-refractivity contribution in [3.63, 3.8) is 0 Å². The van der Waals surface area contributed by atoms with Gasteiger partial charge in [0.15, 0.2) is 0 Å². The van der Waals surface area contributed by atoms with Gasteiger partial charge in [-0.25, -0.2) is 0 Å². The number of nitrogens with zero attached hydrogens (tertiary/aromatic N) is 1. The molecule has 1 amide bonds. The number of methoxy groups -OCH3 is 1. The van der Waals surface area contributed by atoms with Gasteiger partial charge in [0.25, 0.3) is 5.91 Å². The van der Waals surface area contributed by atoms with Crippen molar-refractivity contribution in [2.24, 2.45) is 0 Å². The highest BCUT2D eigenvalue weighted by atomic mass is 16.5. The average molecular weight is 316 g/mol. The summed E-state index contributed by atoms with van der Waals surface area (Å²) in [7, 11) is 1.52. The van der Waals surface area contributed by atoms with Crippen LogP contribution in [0, 0.1) is 11.3 Å². The van der Waals surface area contributed by atoms with Crippen molar-refractivity contribution in [2.45, 2.75) is 51.0 Å². The summed E-state index contributed by atoms with van der Waals surface area (Å²) in [6.07, 6.45) is 5.54. The van der Waals surface area contributed by atoms with Gasteiger partial charge in [-0.2, -0.15) is 5.26 Å². The predicted molar refractivity (Wildman–Crippen MR) is 88.4 cm³/mol. The average Bonchev–Trinajstić information content (AvgIpc) is 2.60. The van der Waals surface area contributed by atoms with Gasteiger partial charge in [0.1, 0.15) is 17.4 Å². The molecule has 1 N–H and O–H groups in total. The molecule has 0 aromatic heterocycles. The van der Waals surface area contributed by atoms with E-state index >= 15 is 0 Å². The minimum Gasteiger partial charge on any atom is -0.495 e. The molecule has 0 atom stereocenters. The third kappa shape index (κ3) is 4.02. The summed E-state index contributed by atoms with van der Waals surface area (Å²) in [5.74, 6) is 0.389. The van der Waals surface area contributed by atoms with Crippen molar-refractivity contribution in [2.75, 3.05) is 19.0 Å². The monoisotopic (exact) mass is 316 g/mol. The number of ether oxygens (including phenoxy) is 2. The van der Waals surface area contributed by atoms with Gasteiger partial charge in [-0.05, 0) is 37.5 Å². The Hall–Kier alpha value is -2.06. The summed E-state index contributed by atoms with van der Waals surface area (Å²) in [4.78, 5) is 12.8. The van der Waals surface area contributed by atoms with E-state index in [1.165, 1.54) is 7.11 Å². The molecule has 1 fully saturated rings. The summed E-state index contributed by atoms with van der Waals surface area (Å²) in [6.45, 7) is 2.62. The van der Waals surface area contributed by atoms with Gasteiger partial charge in [0.05, 0.1) is 12.7 Å². The molecule has 0 saturated heterocycles. The van der Waals surface area contributed by atoms with Gasteiger partial charge in [-0.1, -0.05) is 26.2 Å². The number of hydrogen-bond donors (Lipinski definition) is 1. The van der Waals surface area contributed by atoms with Crippen molar-refractivity contribution < 1.29 is 14.3 Å². The van der Waals surface area contributed by atoms with Crippen molar-refractivity contribution in [1.29, 1.82) is 5.26 Å². The predicted octanol–water partition coefficient (Wildman–Crippen LogP) is 3.63. The third-order valence-corrected chi connectivity index (χ3v) is 4.24. The van der Waals surface area contributed by atoms with Crippen molar-refractivity contribution in [3.05, 3.63) is 23.8 Å². The molecule has 1 aliphatic rings. The van der Waals surface area contributed by atoms with E-state index in [-0.39, 0.29) is 5.91 Å². The molecule has 23 heavy (non-hydrogen) atoms. The number of amides is 1. The van der Waals surface area contributed by atoms with Gasteiger partial charge >= 0.3 is 0 Å². The van der Waals surface area contributed by atoms with Crippen LogP contribution in [0.2, 0.25) is 0 Å². The van der Waals surface area contributed by atoms with E-state index in [2.05, 4.69) is 11.4 Å². The Bertz CT molecular complexity index is 586. The summed E-state index contributed by atoms with van der Waals surface area (Å²) in [5.41, 5.74) is 0.260. The lowest BCUT2D eigenvalue weighted by molar-refractivity contribution is -0.146. The first-order chi connectivity index (χ1) is 11.1. The van der Waals surface area contributed by atoms with Gasteiger partial charge in [0.2, 0.25) is 0 Å². The Morgan fingerprint density at radius 3 is 2.70 bits per heavy atom. The van der Waals surface area contributed by atoms with Gasteiger partial charge in [-0.3, -0.25) is 4.79 Å². The molecule has 5 heteroatoms. The van der Waals surface area contributed by atoms with Gasteiger partial charge < -0.3 is 14.8 Å². The number of nitriles is 1. The number of carbonyl (C=O) groups excluding carboxylic acids is 1. The zero-order valence-corrected chi connectivity index (χ0v) is 13.9. The molecule has 0 aliphatic heterocycles. The SMILES string of the molecule is CCCOC1(C(=O)Nc2ccc(OC)c(C#N)c2)CCCCC1. The maximum atomic E-state index is 12.8. The van der Waals surface area contributed by atoms with Crippen LogP contribution < -0.4 is 10.1 Å². The van der Waals surface area contributed by atoms with E-state index in [0.29, 0.717) is 23.6 Å². The first-order valence-corrected chi connectivity index (χ1v) is 8.19. The molecule has 0 radical (unpaired) electrons. The van der Waals surface area contributed by atoms with Crippen LogP contribution in [0.3, 0.4) is 0 Å². The highest BCUT2D eigenvalue weighted by Gasteiger charge is 2.40. The van der Waals surface area contributed by atoms with Crippen molar-refractivity contribution in [1.82, 2.24) is 0 Å². The lowest BCUT2D eigenvalue weighted by atomic mass is 9.83. The number of nitrogens with one attached hydrogen (secondary N) is 1. The fourth-order valence-electron chi connectivity index (χ4n) is 2.98. The second-order valence-electron chi connectivity index (χ2n) is 5.88. The fourth-order valence-corrected chi connectivity index (χ4v) is 2.98. The number of carbonyl (C=O) groups is 1. The molecule has 0 unspecified atom stereocenters. The van der Waals surface area contributed by atoms with Crippen LogP contribution in [0.25, 0.3) is 0 Å². The van der Waals surface area contributed by atoms with Crippen LogP contribution in [0.4, 0.5) is 5.69 Å². The molecular formula is C18H24N2O3. The Kier molecular flexibility index (Phi) is 6.00. The quantitative estimate of drug-likeness (QED) is 0.870. The van der Waals surface area contributed by atoms with E-state index in [9.17, 15) is 4.79 Å². The zero-order valence-electron chi connectivity index (χ0n) is 13.9. The molecule has 0 bridgehead atoms. The molecule has 0 spiro atoms. The largest absolute Gasteiger partial charge is 0.495 e. The first-order valence-electron chi connectivity index (χ1n) is 8.19. The summed E-state index contributed by atoms with van der Waals surface area (Å²) in [6, 6.07) is 7.14. The van der Waals surface area contributed by atoms with E-state index < -0.39 is 5.60 Å². The molecule has 1 aliphatic carbocycles. The van der Waals surface area contributed by atoms with E-state index in [4.69, 9.17) is 14.7 Å². The van der Waals surface area contributed by atoms with Crippen LogP contribution >= 0.6 is 0 Å². The Balaban J connectivity index is 2.16. The van der Waals surface area contributed by atoms with E-state index in [1.54, 1.807) is 18.2 Å². The Morgan fingerprint density at radius 1 is 1.35 bits per heavy atom. The summed E-state index contributed by atoms with van der Waals surface area (Å²) in [5, 5.41) is 12.1. The smallest absolute Gasteiger partial charge is 0.256 e. The first kappa shape index (κ1) is 17.3. The van der Waals surface area contributed by atoms with Crippen LogP contribution in [0.15, 0.2) is 18.2 Å².